The zero-order valence-electron chi connectivity index (χ0n) is 19.8. The number of nitrogens with one attached hydrogen (secondary N) is 2. The zero-order chi connectivity index (χ0) is 24.3. The van der Waals surface area contributed by atoms with Gasteiger partial charge in [-0.05, 0) is 55.5 Å². The van der Waals surface area contributed by atoms with E-state index in [1.165, 1.54) is 0 Å². The summed E-state index contributed by atoms with van der Waals surface area (Å²) in [6.45, 7) is 6.98. The van der Waals surface area contributed by atoms with E-state index in [0.29, 0.717) is 31.9 Å². The van der Waals surface area contributed by atoms with Crippen LogP contribution in [0.15, 0.2) is 54.6 Å². The molecule has 0 saturated heterocycles. The van der Waals surface area contributed by atoms with E-state index >= 15 is 0 Å². The summed E-state index contributed by atoms with van der Waals surface area (Å²) < 4.78 is 6.04. The van der Waals surface area contributed by atoms with Crippen molar-refractivity contribution >= 4 is 22.7 Å². The summed E-state index contributed by atoms with van der Waals surface area (Å²) >= 11 is 0. The van der Waals surface area contributed by atoms with E-state index in [1.54, 1.807) is 5.48 Å². The fourth-order valence-corrected chi connectivity index (χ4v) is 4.47. The highest BCUT2D eigenvalue weighted by Crippen LogP contribution is 2.55. The van der Waals surface area contributed by atoms with E-state index in [2.05, 4.69) is 10.3 Å². The Hall–Kier alpha value is -3.45. The van der Waals surface area contributed by atoms with Gasteiger partial charge in [-0.15, -0.1) is 0 Å². The normalized spacial score (nSPS) is 19.1. The number of amides is 2. The maximum atomic E-state index is 12.9. The highest BCUT2D eigenvalue weighted by Gasteiger charge is 2.63. The van der Waals surface area contributed by atoms with Crippen molar-refractivity contribution in [1.82, 2.24) is 15.8 Å². The molecule has 34 heavy (non-hydrogen) atoms. The molecule has 3 aromatic rings. The number of carbonyl (C=O) groups excluding carboxylic acids is 2. The largest absolute Gasteiger partial charge is 0.489 e. The Morgan fingerprint density at radius 1 is 1.18 bits per heavy atom. The van der Waals surface area contributed by atoms with Crippen LogP contribution in [0.1, 0.15) is 37.1 Å². The molecule has 1 aliphatic carbocycles. The topological polar surface area (TPSA) is 101 Å². The SMILES string of the molecule is Cc1cc(COc2ccc(C[C@]3(C(=O)NCC(C)C)C[C@@H]3C(=O)NO)cc2)c2ccccc2n1. The maximum absolute atomic E-state index is 12.9. The molecule has 1 fully saturated rings. The van der Waals surface area contributed by atoms with Crippen molar-refractivity contribution in [2.75, 3.05) is 6.54 Å². The first-order valence-electron chi connectivity index (χ1n) is 11.6. The van der Waals surface area contributed by atoms with Crippen molar-refractivity contribution in [2.24, 2.45) is 17.3 Å². The molecule has 2 amide bonds. The maximum Gasteiger partial charge on any atom is 0.247 e. The van der Waals surface area contributed by atoms with Gasteiger partial charge in [-0.3, -0.25) is 19.8 Å². The van der Waals surface area contributed by atoms with Crippen LogP contribution in [0.25, 0.3) is 10.9 Å². The Bertz CT molecular complexity index is 1190. The Balaban J connectivity index is 1.45. The summed E-state index contributed by atoms with van der Waals surface area (Å²) in [6, 6.07) is 17.7. The number of hydroxylamine groups is 1. The van der Waals surface area contributed by atoms with Crippen molar-refractivity contribution < 1.29 is 19.5 Å². The number of para-hydroxylation sites is 1. The fourth-order valence-electron chi connectivity index (χ4n) is 4.47. The minimum Gasteiger partial charge on any atom is -0.489 e. The van der Waals surface area contributed by atoms with Crippen molar-refractivity contribution in [3.05, 3.63) is 71.4 Å². The molecule has 0 radical (unpaired) electrons. The van der Waals surface area contributed by atoms with Crippen LogP contribution in [0.2, 0.25) is 0 Å². The standard InChI is InChI=1S/C27H31N3O4/c1-17(2)15-28-26(32)27(14-23(27)25(31)30-33)13-19-8-10-21(11-9-19)34-16-20-12-18(3)29-24-7-5-4-6-22(20)24/h4-12,17,23,33H,13-16H2,1-3H3,(H,28,32)(H,30,31)/t23-,27+/m1/s1. The third-order valence-corrected chi connectivity index (χ3v) is 6.39. The Labute approximate surface area is 199 Å². The number of fused-ring (bicyclic) bond motifs is 1. The number of pyridine rings is 1. The molecule has 4 rings (SSSR count). The van der Waals surface area contributed by atoms with Crippen molar-refractivity contribution in [3.8, 4) is 5.75 Å². The lowest BCUT2D eigenvalue weighted by Gasteiger charge is -2.18. The number of rotatable bonds is 9. The van der Waals surface area contributed by atoms with Gasteiger partial charge in [0.15, 0.2) is 0 Å². The van der Waals surface area contributed by atoms with Crippen LogP contribution in [0.3, 0.4) is 0 Å². The first kappa shape index (κ1) is 23.7. The summed E-state index contributed by atoms with van der Waals surface area (Å²) in [6.07, 6.45) is 0.833. The molecule has 0 spiro atoms. The smallest absolute Gasteiger partial charge is 0.247 e. The number of aryl methyl sites for hydroxylation is 1. The number of ether oxygens (including phenoxy) is 1. The molecule has 178 valence electrons. The van der Waals surface area contributed by atoms with Gasteiger partial charge in [0.2, 0.25) is 11.8 Å². The molecule has 2 atom stereocenters. The molecule has 1 heterocycles. The second kappa shape index (κ2) is 9.81. The number of benzene rings is 2. The van der Waals surface area contributed by atoms with Crippen LogP contribution in [0.5, 0.6) is 5.75 Å². The summed E-state index contributed by atoms with van der Waals surface area (Å²) in [7, 11) is 0. The van der Waals surface area contributed by atoms with E-state index in [0.717, 1.165) is 33.5 Å². The summed E-state index contributed by atoms with van der Waals surface area (Å²) in [5.41, 5.74) is 4.77. The van der Waals surface area contributed by atoms with Crippen LogP contribution < -0.4 is 15.5 Å². The quantitative estimate of drug-likeness (QED) is 0.331. The van der Waals surface area contributed by atoms with Crippen molar-refractivity contribution in [2.45, 2.75) is 40.2 Å². The molecule has 1 aliphatic rings. The Morgan fingerprint density at radius 2 is 1.91 bits per heavy atom. The predicted molar refractivity (Wildman–Crippen MR) is 129 cm³/mol. The molecular weight excluding hydrogens is 430 g/mol. The first-order valence-corrected chi connectivity index (χ1v) is 11.6. The lowest BCUT2D eigenvalue weighted by Crippen LogP contribution is -2.39. The number of hydrogen-bond donors (Lipinski definition) is 3. The van der Waals surface area contributed by atoms with Crippen LogP contribution in [0.4, 0.5) is 0 Å². The zero-order valence-corrected chi connectivity index (χ0v) is 19.8. The Morgan fingerprint density at radius 3 is 2.62 bits per heavy atom. The molecule has 1 saturated carbocycles. The summed E-state index contributed by atoms with van der Waals surface area (Å²) in [5, 5.41) is 13.1. The van der Waals surface area contributed by atoms with Gasteiger partial charge < -0.3 is 10.1 Å². The summed E-state index contributed by atoms with van der Waals surface area (Å²) in [5.74, 6) is -0.165. The van der Waals surface area contributed by atoms with Crippen molar-refractivity contribution in [1.29, 1.82) is 0 Å². The predicted octanol–water partition coefficient (Wildman–Crippen LogP) is 3.95. The van der Waals surface area contributed by atoms with E-state index in [1.807, 2.05) is 75.4 Å². The average Bonchev–Trinajstić information content (AvgIpc) is 3.56. The minimum absolute atomic E-state index is 0.143. The monoisotopic (exact) mass is 461 g/mol. The lowest BCUT2D eigenvalue weighted by molar-refractivity contribution is -0.135. The molecule has 7 heteroatoms. The highest BCUT2D eigenvalue weighted by molar-refractivity contribution is 5.95. The van der Waals surface area contributed by atoms with E-state index in [-0.39, 0.29) is 5.91 Å². The van der Waals surface area contributed by atoms with E-state index in [4.69, 9.17) is 9.94 Å². The Kier molecular flexibility index (Phi) is 6.84. The van der Waals surface area contributed by atoms with Gasteiger partial charge in [0.25, 0.3) is 0 Å². The second-order valence-corrected chi connectivity index (χ2v) is 9.54. The van der Waals surface area contributed by atoms with Gasteiger partial charge in [-0.25, -0.2) is 5.48 Å². The number of aromatic nitrogens is 1. The van der Waals surface area contributed by atoms with E-state index in [9.17, 15) is 9.59 Å². The van der Waals surface area contributed by atoms with Crippen LogP contribution in [0, 0.1) is 24.2 Å². The van der Waals surface area contributed by atoms with Gasteiger partial charge >= 0.3 is 0 Å². The highest BCUT2D eigenvalue weighted by atomic mass is 16.5. The number of carbonyl (C=O) groups is 2. The molecule has 3 N–H and O–H groups in total. The third kappa shape index (κ3) is 5.04. The van der Waals surface area contributed by atoms with Gasteiger partial charge in [0, 0.05) is 23.2 Å². The second-order valence-electron chi connectivity index (χ2n) is 9.54. The third-order valence-electron chi connectivity index (χ3n) is 6.39. The van der Waals surface area contributed by atoms with Gasteiger partial charge in [-0.2, -0.15) is 0 Å². The van der Waals surface area contributed by atoms with Crippen LogP contribution in [-0.4, -0.2) is 28.6 Å². The first-order chi connectivity index (χ1) is 16.3. The van der Waals surface area contributed by atoms with Gasteiger partial charge in [0.05, 0.1) is 16.8 Å². The van der Waals surface area contributed by atoms with Crippen molar-refractivity contribution in [3.63, 3.8) is 0 Å². The van der Waals surface area contributed by atoms with E-state index < -0.39 is 17.2 Å². The van der Waals surface area contributed by atoms with Crippen LogP contribution in [-0.2, 0) is 22.6 Å². The van der Waals surface area contributed by atoms with Gasteiger partial charge in [-0.1, -0.05) is 44.2 Å². The lowest BCUT2D eigenvalue weighted by atomic mass is 9.92. The number of nitrogens with zero attached hydrogens (tertiary/aromatic N) is 1. The minimum atomic E-state index is -0.836. The van der Waals surface area contributed by atoms with Gasteiger partial charge in [0.1, 0.15) is 12.4 Å². The number of hydrogen-bond acceptors (Lipinski definition) is 5. The molecule has 2 aromatic carbocycles. The van der Waals surface area contributed by atoms with Crippen LogP contribution >= 0.6 is 0 Å². The molecular formula is C27H31N3O4. The molecule has 0 bridgehead atoms. The molecule has 1 aromatic heterocycles. The summed E-state index contributed by atoms with van der Waals surface area (Å²) in [4.78, 5) is 29.5. The average molecular weight is 462 g/mol. The molecule has 0 aliphatic heterocycles. The molecule has 7 nitrogen and oxygen atoms in total. The fraction of sp³-hybridized carbons (Fsp3) is 0.370. The molecule has 0 unspecified atom stereocenters.